The molecule has 0 spiro atoms. The fourth-order valence-electron chi connectivity index (χ4n) is 1.96. The van der Waals surface area contributed by atoms with Gasteiger partial charge in [-0.1, -0.05) is 23.2 Å². The predicted octanol–water partition coefficient (Wildman–Crippen LogP) is 3.42. The maximum Gasteiger partial charge on any atom is 0.226 e. The highest BCUT2D eigenvalue weighted by atomic mass is 35.5. The smallest absolute Gasteiger partial charge is 0.226 e. The van der Waals surface area contributed by atoms with E-state index in [-0.39, 0.29) is 12.3 Å². The van der Waals surface area contributed by atoms with Crippen LogP contribution in [0.3, 0.4) is 0 Å². The second-order valence-corrected chi connectivity index (χ2v) is 5.55. The van der Waals surface area contributed by atoms with Crippen molar-refractivity contribution >= 4 is 40.5 Å². The third kappa shape index (κ3) is 3.68. The number of nitrogens with one attached hydrogen (secondary N) is 1. The van der Waals surface area contributed by atoms with Gasteiger partial charge in [-0.2, -0.15) is 5.10 Å². The molecule has 2 rings (SSSR count). The summed E-state index contributed by atoms with van der Waals surface area (Å²) < 4.78 is 1.72. The topological polar surface area (TPSA) is 72.9 Å². The van der Waals surface area contributed by atoms with Crippen LogP contribution >= 0.6 is 23.2 Å². The van der Waals surface area contributed by atoms with Crippen LogP contribution in [0.1, 0.15) is 17.8 Å². The minimum Gasteiger partial charge on any atom is -0.397 e. The molecular weight excluding hydrogens is 311 g/mol. The zero-order chi connectivity index (χ0) is 15.6. The highest BCUT2D eigenvalue weighted by Crippen LogP contribution is 2.23. The standard InChI is InChI=1S/C14H16Cl2N4O/c1-8-14(16)9(2)20(19-8)6-5-13(21)18-12-4-3-10(15)7-11(12)17/h3-4,7H,5-6,17H2,1-2H3,(H,18,21). The zero-order valence-corrected chi connectivity index (χ0v) is 13.3. The van der Waals surface area contributed by atoms with Crippen LogP contribution in [0.15, 0.2) is 18.2 Å². The SMILES string of the molecule is Cc1nn(CCC(=O)Nc2ccc(Cl)cc2N)c(C)c1Cl. The Hall–Kier alpha value is -1.72. The molecule has 7 heteroatoms. The highest BCUT2D eigenvalue weighted by molar-refractivity contribution is 6.31. The first kappa shape index (κ1) is 15.7. The number of benzene rings is 1. The van der Waals surface area contributed by atoms with Crippen molar-refractivity contribution in [2.24, 2.45) is 0 Å². The second kappa shape index (κ2) is 6.37. The van der Waals surface area contributed by atoms with E-state index in [1.54, 1.807) is 22.9 Å². The summed E-state index contributed by atoms with van der Waals surface area (Å²) in [5.41, 5.74) is 8.39. The molecule has 0 atom stereocenters. The van der Waals surface area contributed by atoms with Gasteiger partial charge in [0.15, 0.2) is 0 Å². The molecule has 0 aliphatic rings. The number of aryl methyl sites for hydroxylation is 2. The Labute approximate surface area is 133 Å². The summed E-state index contributed by atoms with van der Waals surface area (Å²) in [6, 6.07) is 4.95. The molecule has 0 saturated heterocycles. The third-order valence-electron chi connectivity index (χ3n) is 3.13. The molecule has 1 aromatic heterocycles. The molecule has 0 fully saturated rings. The van der Waals surface area contributed by atoms with E-state index in [2.05, 4.69) is 10.4 Å². The van der Waals surface area contributed by atoms with E-state index in [0.29, 0.717) is 28.0 Å². The lowest BCUT2D eigenvalue weighted by molar-refractivity contribution is -0.116. The molecule has 1 amide bonds. The van der Waals surface area contributed by atoms with Gasteiger partial charge in [-0.15, -0.1) is 0 Å². The van der Waals surface area contributed by atoms with Crippen LogP contribution in [0.25, 0.3) is 0 Å². The minimum atomic E-state index is -0.146. The molecule has 0 bridgehead atoms. The van der Waals surface area contributed by atoms with E-state index in [1.807, 2.05) is 13.8 Å². The normalized spacial score (nSPS) is 10.7. The van der Waals surface area contributed by atoms with Crippen LogP contribution < -0.4 is 11.1 Å². The van der Waals surface area contributed by atoms with Crippen molar-refractivity contribution in [2.75, 3.05) is 11.1 Å². The fourth-order valence-corrected chi connectivity index (χ4v) is 2.28. The predicted molar refractivity (Wildman–Crippen MR) is 85.8 cm³/mol. The number of nitrogens with two attached hydrogens (primary N) is 1. The van der Waals surface area contributed by atoms with Gasteiger partial charge in [0.2, 0.25) is 5.91 Å². The summed E-state index contributed by atoms with van der Waals surface area (Å²) in [6.45, 7) is 4.16. The number of halogens is 2. The Morgan fingerprint density at radius 2 is 2.10 bits per heavy atom. The van der Waals surface area contributed by atoms with Crippen LogP contribution in [0.4, 0.5) is 11.4 Å². The summed E-state index contributed by atoms with van der Waals surface area (Å²) >= 11 is 11.9. The Kier molecular flexibility index (Phi) is 4.75. The molecule has 0 aliphatic carbocycles. The van der Waals surface area contributed by atoms with E-state index < -0.39 is 0 Å². The molecule has 5 nitrogen and oxygen atoms in total. The molecule has 21 heavy (non-hydrogen) atoms. The van der Waals surface area contributed by atoms with Gasteiger partial charge in [0.05, 0.1) is 34.3 Å². The van der Waals surface area contributed by atoms with Crippen molar-refractivity contribution in [1.29, 1.82) is 0 Å². The first-order valence-corrected chi connectivity index (χ1v) is 7.18. The lowest BCUT2D eigenvalue weighted by Gasteiger charge is -2.09. The molecule has 0 unspecified atom stereocenters. The number of carbonyl (C=O) groups is 1. The van der Waals surface area contributed by atoms with Crippen molar-refractivity contribution in [3.05, 3.63) is 39.6 Å². The molecule has 112 valence electrons. The average Bonchev–Trinajstić information content (AvgIpc) is 2.67. The number of hydrogen-bond acceptors (Lipinski definition) is 3. The third-order valence-corrected chi connectivity index (χ3v) is 3.91. The molecule has 2 aromatic rings. The number of rotatable bonds is 4. The van der Waals surface area contributed by atoms with E-state index in [9.17, 15) is 4.79 Å². The lowest BCUT2D eigenvalue weighted by atomic mass is 10.2. The van der Waals surface area contributed by atoms with Gasteiger partial charge in [0.1, 0.15) is 0 Å². The number of nitrogen functional groups attached to an aromatic ring is 1. The average molecular weight is 327 g/mol. The number of nitrogens with zero attached hydrogens (tertiary/aromatic N) is 2. The van der Waals surface area contributed by atoms with Gasteiger partial charge in [-0.25, -0.2) is 0 Å². The molecule has 0 saturated carbocycles. The maximum absolute atomic E-state index is 12.0. The van der Waals surface area contributed by atoms with Crippen LogP contribution in [-0.4, -0.2) is 15.7 Å². The number of carbonyl (C=O) groups excluding carboxylic acids is 1. The van der Waals surface area contributed by atoms with E-state index in [1.165, 1.54) is 0 Å². The van der Waals surface area contributed by atoms with Crippen LogP contribution in [0.5, 0.6) is 0 Å². The first-order valence-electron chi connectivity index (χ1n) is 6.43. The Bertz CT molecular complexity index is 682. The van der Waals surface area contributed by atoms with E-state index in [4.69, 9.17) is 28.9 Å². The summed E-state index contributed by atoms with van der Waals surface area (Å²) in [5.74, 6) is -0.146. The van der Waals surface area contributed by atoms with E-state index >= 15 is 0 Å². The lowest BCUT2D eigenvalue weighted by Crippen LogP contribution is -2.16. The molecule has 3 N–H and O–H groups in total. The van der Waals surface area contributed by atoms with Crippen molar-refractivity contribution in [3.63, 3.8) is 0 Å². The minimum absolute atomic E-state index is 0.146. The summed E-state index contributed by atoms with van der Waals surface area (Å²) in [6.07, 6.45) is 0.278. The Morgan fingerprint density at radius 1 is 1.38 bits per heavy atom. The molecule has 1 heterocycles. The number of anilines is 2. The van der Waals surface area contributed by atoms with Gasteiger partial charge in [0.25, 0.3) is 0 Å². The van der Waals surface area contributed by atoms with Gasteiger partial charge in [0, 0.05) is 11.4 Å². The van der Waals surface area contributed by atoms with Gasteiger partial charge in [-0.05, 0) is 32.0 Å². The van der Waals surface area contributed by atoms with E-state index in [0.717, 1.165) is 11.4 Å². The summed E-state index contributed by atoms with van der Waals surface area (Å²) in [5, 5.41) is 8.20. The van der Waals surface area contributed by atoms with Crippen molar-refractivity contribution < 1.29 is 4.79 Å². The Balaban J connectivity index is 1.97. The van der Waals surface area contributed by atoms with Crippen molar-refractivity contribution in [2.45, 2.75) is 26.8 Å². The van der Waals surface area contributed by atoms with Crippen molar-refractivity contribution in [3.8, 4) is 0 Å². The summed E-state index contributed by atoms with van der Waals surface area (Å²) in [4.78, 5) is 12.0. The zero-order valence-electron chi connectivity index (χ0n) is 11.8. The maximum atomic E-state index is 12.0. The van der Waals surface area contributed by atoms with Crippen LogP contribution in [0.2, 0.25) is 10.0 Å². The molecule has 1 aromatic carbocycles. The second-order valence-electron chi connectivity index (χ2n) is 4.74. The summed E-state index contributed by atoms with van der Waals surface area (Å²) in [7, 11) is 0. The largest absolute Gasteiger partial charge is 0.397 e. The van der Waals surface area contributed by atoms with Gasteiger partial charge >= 0.3 is 0 Å². The van der Waals surface area contributed by atoms with Gasteiger partial charge < -0.3 is 11.1 Å². The molecule has 0 aliphatic heterocycles. The molecular formula is C14H16Cl2N4O. The number of aromatic nitrogens is 2. The van der Waals surface area contributed by atoms with Crippen LogP contribution in [-0.2, 0) is 11.3 Å². The van der Waals surface area contributed by atoms with Crippen LogP contribution in [0, 0.1) is 13.8 Å². The Morgan fingerprint density at radius 3 is 2.67 bits per heavy atom. The first-order chi connectivity index (χ1) is 9.88. The van der Waals surface area contributed by atoms with Crippen molar-refractivity contribution in [1.82, 2.24) is 9.78 Å². The van der Waals surface area contributed by atoms with Gasteiger partial charge in [-0.3, -0.25) is 9.48 Å². The monoisotopic (exact) mass is 326 g/mol. The quantitative estimate of drug-likeness (QED) is 0.845. The number of hydrogen-bond donors (Lipinski definition) is 2. The highest BCUT2D eigenvalue weighted by Gasteiger charge is 2.11. The fraction of sp³-hybridized carbons (Fsp3) is 0.286. The molecule has 0 radical (unpaired) electrons. The number of amides is 1.